The van der Waals surface area contributed by atoms with Crippen LogP contribution in [-0.2, 0) is 4.79 Å². The summed E-state index contributed by atoms with van der Waals surface area (Å²) in [7, 11) is 0. The van der Waals surface area contributed by atoms with Crippen molar-refractivity contribution < 1.29 is 19.1 Å². The lowest BCUT2D eigenvalue weighted by Gasteiger charge is -2.26. The maximum atomic E-state index is 12.4. The van der Waals surface area contributed by atoms with Crippen LogP contribution in [0.15, 0.2) is 47.4 Å². The molecule has 2 aliphatic rings. The maximum Gasteiger partial charge on any atom is 0.251 e. The number of fused-ring (bicyclic) bond motifs is 2. The Morgan fingerprint density at radius 3 is 2.92 bits per heavy atom. The molecule has 0 aliphatic carbocycles. The molecule has 0 saturated heterocycles. The van der Waals surface area contributed by atoms with Gasteiger partial charge in [0.2, 0.25) is 5.91 Å². The summed E-state index contributed by atoms with van der Waals surface area (Å²) < 4.78 is 11.5. The van der Waals surface area contributed by atoms with Crippen molar-refractivity contribution in [2.45, 2.75) is 23.2 Å². The summed E-state index contributed by atoms with van der Waals surface area (Å²) in [6, 6.07) is 12.8. The first-order chi connectivity index (χ1) is 12.6. The van der Waals surface area contributed by atoms with Gasteiger partial charge in [-0.15, -0.1) is 11.8 Å². The van der Waals surface area contributed by atoms with Crippen molar-refractivity contribution in [3.8, 4) is 11.5 Å². The topological polar surface area (TPSA) is 76.7 Å². The standard InChI is InChI=1S/C19H18N2O4S/c1-11-18(22)21-14-8-12(6-7-17(14)26-11)19(23)20-9-13-10-24-15-4-2-3-5-16(15)25-13/h2-8,11,13H,9-10H2,1H3,(H,20,23)(H,21,22). The molecule has 2 atom stereocenters. The monoisotopic (exact) mass is 370 g/mol. The molecule has 2 unspecified atom stereocenters. The van der Waals surface area contributed by atoms with Gasteiger partial charge in [-0.1, -0.05) is 12.1 Å². The average molecular weight is 370 g/mol. The summed E-state index contributed by atoms with van der Waals surface area (Å²) in [5, 5.41) is 5.57. The fourth-order valence-corrected chi connectivity index (χ4v) is 3.75. The van der Waals surface area contributed by atoms with Gasteiger partial charge in [0.25, 0.3) is 5.91 Å². The van der Waals surface area contributed by atoms with E-state index in [0.29, 0.717) is 35.9 Å². The van der Waals surface area contributed by atoms with Gasteiger partial charge < -0.3 is 20.1 Å². The number of rotatable bonds is 3. The number of carbonyl (C=O) groups is 2. The van der Waals surface area contributed by atoms with Crippen LogP contribution in [0.5, 0.6) is 11.5 Å². The summed E-state index contributed by atoms with van der Waals surface area (Å²) in [6.45, 7) is 2.57. The molecule has 2 aromatic carbocycles. The van der Waals surface area contributed by atoms with Crippen LogP contribution in [0.3, 0.4) is 0 Å². The predicted octanol–water partition coefficient (Wildman–Crippen LogP) is 2.69. The van der Waals surface area contributed by atoms with Crippen molar-refractivity contribution >= 4 is 29.3 Å². The number of para-hydroxylation sites is 2. The number of hydrogen-bond acceptors (Lipinski definition) is 5. The van der Waals surface area contributed by atoms with Gasteiger partial charge in [0, 0.05) is 10.5 Å². The highest BCUT2D eigenvalue weighted by molar-refractivity contribution is 8.00. The molecule has 2 aromatic rings. The SMILES string of the molecule is CC1Sc2ccc(C(=O)NCC3COc4ccccc4O3)cc2NC1=O. The Kier molecular flexibility index (Phi) is 4.46. The van der Waals surface area contributed by atoms with Gasteiger partial charge in [-0.25, -0.2) is 0 Å². The minimum atomic E-state index is -0.248. The molecule has 0 fully saturated rings. The maximum absolute atomic E-state index is 12.4. The molecular formula is C19H18N2O4S. The second kappa shape index (κ2) is 6.92. The van der Waals surface area contributed by atoms with Crippen LogP contribution in [0.25, 0.3) is 0 Å². The molecule has 4 rings (SSSR count). The molecule has 0 spiro atoms. The molecule has 6 nitrogen and oxygen atoms in total. The zero-order valence-electron chi connectivity index (χ0n) is 14.2. The van der Waals surface area contributed by atoms with E-state index < -0.39 is 0 Å². The number of anilines is 1. The van der Waals surface area contributed by atoms with Crippen LogP contribution in [-0.4, -0.2) is 36.3 Å². The van der Waals surface area contributed by atoms with Gasteiger partial charge in [-0.05, 0) is 37.3 Å². The van der Waals surface area contributed by atoms with E-state index in [0.717, 1.165) is 4.90 Å². The normalized spacial score (nSPS) is 20.7. The number of thioether (sulfide) groups is 1. The first kappa shape index (κ1) is 16.8. The molecule has 0 saturated carbocycles. The van der Waals surface area contributed by atoms with Crippen LogP contribution in [0.2, 0.25) is 0 Å². The van der Waals surface area contributed by atoms with Crippen molar-refractivity contribution in [1.29, 1.82) is 0 Å². The highest BCUT2D eigenvalue weighted by Gasteiger charge is 2.24. The predicted molar refractivity (Wildman–Crippen MR) is 99.1 cm³/mol. The van der Waals surface area contributed by atoms with Crippen molar-refractivity contribution in [2.24, 2.45) is 0 Å². The number of ether oxygens (including phenoxy) is 2. The van der Waals surface area contributed by atoms with E-state index in [2.05, 4.69) is 10.6 Å². The average Bonchev–Trinajstić information content (AvgIpc) is 2.66. The zero-order chi connectivity index (χ0) is 18.1. The van der Waals surface area contributed by atoms with Gasteiger partial charge in [-0.2, -0.15) is 0 Å². The smallest absolute Gasteiger partial charge is 0.251 e. The molecule has 0 bridgehead atoms. The van der Waals surface area contributed by atoms with Crippen LogP contribution < -0.4 is 20.1 Å². The minimum absolute atomic E-state index is 0.0496. The molecule has 2 heterocycles. The first-order valence-electron chi connectivity index (χ1n) is 8.38. The summed E-state index contributed by atoms with van der Waals surface area (Å²) in [6.07, 6.45) is -0.248. The molecule has 26 heavy (non-hydrogen) atoms. The lowest BCUT2D eigenvalue weighted by atomic mass is 10.1. The Labute approximate surface area is 155 Å². The van der Waals surface area contributed by atoms with Crippen molar-refractivity contribution in [2.75, 3.05) is 18.5 Å². The molecule has 2 aliphatic heterocycles. The Morgan fingerprint density at radius 2 is 2.08 bits per heavy atom. The molecule has 0 aromatic heterocycles. The minimum Gasteiger partial charge on any atom is -0.486 e. The van der Waals surface area contributed by atoms with E-state index >= 15 is 0 Å². The fourth-order valence-electron chi connectivity index (χ4n) is 2.82. The Balaban J connectivity index is 1.39. The largest absolute Gasteiger partial charge is 0.486 e. The molecule has 2 amide bonds. The number of hydrogen-bond donors (Lipinski definition) is 2. The van der Waals surface area contributed by atoms with E-state index in [9.17, 15) is 9.59 Å². The summed E-state index contributed by atoms with van der Waals surface area (Å²) >= 11 is 1.49. The number of benzene rings is 2. The highest BCUT2D eigenvalue weighted by Crippen LogP contribution is 2.36. The van der Waals surface area contributed by atoms with Crippen molar-refractivity contribution in [3.63, 3.8) is 0 Å². The summed E-state index contributed by atoms with van der Waals surface area (Å²) in [4.78, 5) is 25.2. The Hall–Kier alpha value is -2.67. The quantitative estimate of drug-likeness (QED) is 0.869. The van der Waals surface area contributed by atoms with Gasteiger partial charge in [-0.3, -0.25) is 9.59 Å². The van der Waals surface area contributed by atoms with E-state index in [1.165, 1.54) is 11.8 Å². The van der Waals surface area contributed by atoms with Crippen molar-refractivity contribution in [1.82, 2.24) is 5.32 Å². The number of nitrogens with one attached hydrogen (secondary N) is 2. The van der Waals surface area contributed by atoms with Gasteiger partial charge >= 0.3 is 0 Å². The van der Waals surface area contributed by atoms with Crippen LogP contribution in [0.1, 0.15) is 17.3 Å². The lowest BCUT2D eigenvalue weighted by molar-refractivity contribution is -0.115. The third kappa shape index (κ3) is 3.35. The van der Waals surface area contributed by atoms with Crippen LogP contribution >= 0.6 is 11.8 Å². The number of carbonyl (C=O) groups excluding carboxylic acids is 2. The summed E-state index contributed by atoms with van der Waals surface area (Å²) in [5.41, 5.74) is 1.17. The van der Waals surface area contributed by atoms with Gasteiger partial charge in [0.1, 0.15) is 12.7 Å². The molecular weight excluding hydrogens is 352 g/mol. The van der Waals surface area contributed by atoms with E-state index in [1.807, 2.05) is 37.3 Å². The first-order valence-corrected chi connectivity index (χ1v) is 9.26. The molecule has 7 heteroatoms. The molecule has 2 N–H and O–H groups in total. The van der Waals surface area contributed by atoms with Crippen LogP contribution in [0.4, 0.5) is 5.69 Å². The fraction of sp³-hybridized carbons (Fsp3) is 0.263. The third-order valence-electron chi connectivity index (χ3n) is 4.23. The zero-order valence-corrected chi connectivity index (χ0v) is 15.0. The van der Waals surface area contributed by atoms with E-state index in [-0.39, 0.29) is 23.2 Å². The van der Waals surface area contributed by atoms with Crippen molar-refractivity contribution in [3.05, 3.63) is 48.0 Å². The van der Waals surface area contributed by atoms with Crippen LogP contribution in [0, 0.1) is 0 Å². The third-order valence-corrected chi connectivity index (χ3v) is 5.41. The Morgan fingerprint density at radius 1 is 1.27 bits per heavy atom. The summed E-state index contributed by atoms with van der Waals surface area (Å²) in [5.74, 6) is 1.13. The van der Waals surface area contributed by atoms with Gasteiger partial charge in [0.15, 0.2) is 11.5 Å². The van der Waals surface area contributed by atoms with E-state index in [1.54, 1.807) is 12.1 Å². The second-order valence-corrected chi connectivity index (χ2v) is 7.55. The lowest BCUT2D eigenvalue weighted by Crippen LogP contribution is -2.40. The highest BCUT2D eigenvalue weighted by atomic mass is 32.2. The van der Waals surface area contributed by atoms with Gasteiger partial charge in [0.05, 0.1) is 17.5 Å². The Bertz CT molecular complexity index is 870. The second-order valence-electron chi connectivity index (χ2n) is 6.17. The number of amides is 2. The molecule has 134 valence electrons. The van der Waals surface area contributed by atoms with E-state index in [4.69, 9.17) is 9.47 Å². The molecule has 0 radical (unpaired) electrons.